The molecule has 0 radical (unpaired) electrons. The normalized spacial score (nSPS) is 10.9. The summed E-state index contributed by atoms with van der Waals surface area (Å²) in [6.07, 6.45) is 0.503. The first-order valence-corrected chi connectivity index (χ1v) is 6.35. The lowest BCUT2D eigenvalue weighted by Crippen LogP contribution is -2.18. The number of benzene rings is 1. The first-order valence-electron chi connectivity index (χ1n) is 6.35. The topological polar surface area (TPSA) is 66.0 Å². The van der Waals surface area contributed by atoms with Gasteiger partial charge in [-0.3, -0.25) is 4.79 Å². The van der Waals surface area contributed by atoms with Gasteiger partial charge < -0.3 is 10.1 Å². The Balaban J connectivity index is 2.35. The van der Waals surface area contributed by atoms with Gasteiger partial charge in [-0.05, 0) is 18.4 Å². The molecule has 19 heavy (non-hydrogen) atoms. The van der Waals surface area contributed by atoms with E-state index in [-0.39, 0.29) is 17.4 Å². The molecule has 0 saturated heterocycles. The third-order valence-electron chi connectivity index (χ3n) is 3.02. The van der Waals surface area contributed by atoms with Crippen molar-refractivity contribution in [1.29, 1.82) is 0 Å². The standard InChI is InChI=1S/C15H18N2O2/c1-9(2)13-14(18)16-12(17-15(13)19)8-11-6-4-5-10(3)7-11/h4-7,9H,8H2,1-3H3,(H2,16,17,18,19). The fourth-order valence-corrected chi connectivity index (χ4v) is 2.14. The van der Waals surface area contributed by atoms with E-state index < -0.39 is 0 Å². The van der Waals surface area contributed by atoms with Crippen LogP contribution in [-0.4, -0.2) is 15.1 Å². The van der Waals surface area contributed by atoms with Crippen LogP contribution in [0.3, 0.4) is 0 Å². The maximum absolute atomic E-state index is 11.9. The van der Waals surface area contributed by atoms with E-state index in [9.17, 15) is 9.90 Å². The minimum absolute atomic E-state index is 0.0516. The molecule has 0 spiro atoms. The second kappa shape index (κ2) is 5.26. The van der Waals surface area contributed by atoms with Gasteiger partial charge in [-0.25, -0.2) is 0 Å². The molecule has 0 saturated carbocycles. The molecule has 0 bridgehead atoms. The molecule has 0 fully saturated rings. The number of hydrogen-bond donors (Lipinski definition) is 2. The van der Waals surface area contributed by atoms with E-state index in [2.05, 4.69) is 9.97 Å². The highest BCUT2D eigenvalue weighted by molar-refractivity contribution is 5.29. The molecule has 1 heterocycles. The molecule has 0 atom stereocenters. The largest absolute Gasteiger partial charge is 0.493 e. The van der Waals surface area contributed by atoms with Crippen molar-refractivity contribution in [2.24, 2.45) is 0 Å². The third-order valence-corrected chi connectivity index (χ3v) is 3.02. The van der Waals surface area contributed by atoms with Crippen molar-refractivity contribution in [2.45, 2.75) is 33.1 Å². The SMILES string of the molecule is Cc1cccc(Cc2nc(O)c(C(C)C)c(=O)[nH]2)c1. The van der Waals surface area contributed by atoms with Crippen molar-refractivity contribution in [2.75, 3.05) is 0 Å². The summed E-state index contributed by atoms with van der Waals surface area (Å²) < 4.78 is 0. The van der Waals surface area contributed by atoms with Gasteiger partial charge in [-0.15, -0.1) is 0 Å². The number of aryl methyl sites for hydroxylation is 1. The number of aromatic hydroxyl groups is 1. The van der Waals surface area contributed by atoms with Crippen molar-refractivity contribution in [3.63, 3.8) is 0 Å². The maximum Gasteiger partial charge on any atom is 0.258 e. The number of nitrogens with one attached hydrogen (secondary N) is 1. The Morgan fingerprint density at radius 1 is 1.37 bits per heavy atom. The summed E-state index contributed by atoms with van der Waals surface area (Å²) in [5, 5.41) is 9.84. The Morgan fingerprint density at radius 2 is 2.11 bits per heavy atom. The number of nitrogens with zero attached hydrogens (tertiary/aromatic N) is 1. The molecule has 0 aliphatic rings. The van der Waals surface area contributed by atoms with E-state index in [1.165, 1.54) is 0 Å². The van der Waals surface area contributed by atoms with Gasteiger partial charge in [0.25, 0.3) is 5.56 Å². The highest BCUT2D eigenvalue weighted by Gasteiger charge is 2.14. The second-order valence-electron chi connectivity index (χ2n) is 5.07. The molecule has 2 N–H and O–H groups in total. The Morgan fingerprint density at radius 3 is 2.68 bits per heavy atom. The lowest BCUT2D eigenvalue weighted by Gasteiger charge is -2.08. The van der Waals surface area contributed by atoms with Crippen LogP contribution in [0.4, 0.5) is 0 Å². The van der Waals surface area contributed by atoms with Gasteiger partial charge in [0.2, 0.25) is 5.88 Å². The summed E-state index contributed by atoms with van der Waals surface area (Å²) in [5.74, 6) is 0.267. The lowest BCUT2D eigenvalue weighted by atomic mass is 10.1. The van der Waals surface area contributed by atoms with Gasteiger partial charge in [0, 0.05) is 6.42 Å². The highest BCUT2D eigenvalue weighted by atomic mass is 16.3. The summed E-state index contributed by atoms with van der Waals surface area (Å²) in [7, 11) is 0. The quantitative estimate of drug-likeness (QED) is 0.889. The van der Waals surface area contributed by atoms with Crippen LogP contribution in [0.5, 0.6) is 5.88 Å². The third kappa shape index (κ3) is 3.02. The molecule has 1 aromatic heterocycles. The monoisotopic (exact) mass is 258 g/mol. The van der Waals surface area contributed by atoms with E-state index in [0.717, 1.165) is 11.1 Å². The van der Waals surface area contributed by atoms with Crippen LogP contribution in [0.25, 0.3) is 0 Å². The van der Waals surface area contributed by atoms with Gasteiger partial charge in [0.15, 0.2) is 0 Å². The van der Waals surface area contributed by atoms with Gasteiger partial charge in [0.05, 0.1) is 5.56 Å². The Labute approximate surface area is 112 Å². The van der Waals surface area contributed by atoms with Crippen LogP contribution in [0, 0.1) is 6.92 Å². The van der Waals surface area contributed by atoms with Crippen LogP contribution in [-0.2, 0) is 6.42 Å². The van der Waals surface area contributed by atoms with E-state index in [1.807, 2.05) is 45.0 Å². The molecule has 4 nitrogen and oxygen atoms in total. The number of H-pyrrole nitrogens is 1. The number of rotatable bonds is 3. The first kappa shape index (κ1) is 13.3. The van der Waals surface area contributed by atoms with Gasteiger partial charge in [-0.2, -0.15) is 4.98 Å². The van der Waals surface area contributed by atoms with Crippen molar-refractivity contribution in [1.82, 2.24) is 9.97 Å². The molecule has 0 aliphatic carbocycles. The van der Waals surface area contributed by atoms with E-state index >= 15 is 0 Å². The van der Waals surface area contributed by atoms with Crippen molar-refractivity contribution >= 4 is 0 Å². The molecular formula is C15H18N2O2. The summed E-state index contributed by atoms with van der Waals surface area (Å²) >= 11 is 0. The fourth-order valence-electron chi connectivity index (χ4n) is 2.14. The molecule has 0 amide bonds. The highest BCUT2D eigenvalue weighted by Crippen LogP contribution is 2.19. The van der Waals surface area contributed by atoms with Crippen LogP contribution < -0.4 is 5.56 Å². The number of hydrogen-bond acceptors (Lipinski definition) is 3. The van der Waals surface area contributed by atoms with Crippen LogP contribution in [0.15, 0.2) is 29.1 Å². The van der Waals surface area contributed by atoms with Gasteiger partial charge in [-0.1, -0.05) is 43.7 Å². The molecule has 0 aliphatic heterocycles. The van der Waals surface area contributed by atoms with Crippen LogP contribution in [0.2, 0.25) is 0 Å². The molecule has 4 heteroatoms. The maximum atomic E-state index is 11.9. The molecule has 0 unspecified atom stereocenters. The van der Waals surface area contributed by atoms with Gasteiger partial charge in [0.1, 0.15) is 5.82 Å². The second-order valence-corrected chi connectivity index (χ2v) is 5.07. The number of aromatic amines is 1. The zero-order valence-electron chi connectivity index (χ0n) is 11.4. The van der Waals surface area contributed by atoms with Crippen molar-refractivity contribution in [3.8, 4) is 5.88 Å². The van der Waals surface area contributed by atoms with Crippen LogP contribution >= 0.6 is 0 Å². The molecule has 2 aromatic rings. The predicted molar refractivity (Wildman–Crippen MR) is 74.6 cm³/mol. The Kier molecular flexibility index (Phi) is 3.69. The lowest BCUT2D eigenvalue weighted by molar-refractivity contribution is 0.436. The smallest absolute Gasteiger partial charge is 0.258 e. The number of aromatic nitrogens is 2. The van der Waals surface area contributed by atoms with E-state index in [0.29, 0.717) is 17.8 Å². The molecule has 1 aromatic carbocycles. The van der Waals surface area contributed by atoms with Crippen molar-refractivity contribution in [3.05, 3.63) is 57.1 Å². The zero-order chi connectivity index (χ0) is 14.0. The summed E-state index contributed by atoms with van der Waals surface area (Å²) in [4.78, 5) is 18.7. The minimum atomic E-state index is -0.259. The molecule has 2 rings (SSSR count). The van der Waals surface area contributed by atoms with Crippen molar-refractivity contribution < 1.29 is 5.11 Å². The fraction of sp³-hybridized carbons (Fsp3) is 0.333. The average molecular weight is 258 g/mol. The summed E-state index contributed by atoms with van der Waals surface area (Å²) in [6, 6.07) is 7.98. The zero-order valence-corrected chi connectivity index (χ0v) is 11.4. The molecular weight excluding hydrogens is 240 g/mol. The summed E-state index contributed by atoms with van der Waals surface area (Å²) in [5.41, 5.74) is 2.29. The first-order chi connectivity index (χ1) is 8.97. The minimum Gasteiger partial charge on any atom is -0.493 e. The average Bonchev–Trinajstić information content (AvgIpc) is 2.27. The predicted octanol–water partition coefficient (Wildman–Crippen LogP) is 2.50. The van der Waals surface area contributed by atoms with E-state index in [4.69, 9.17) is 0 Å². The van der Waals surface area contributed by atoms with Gasteiger partial charge >= 0.3 is 0 Å². The molecule has 100 valence electrons. The Hall–Kier alpha value is -2.10. The van der Waals surface area contributed by atoms with E-state index in [1.54, 1.807) is 0 Å². The summed E-state index contributed by atoms with van der Waals surface area (Å²) in [6.45, 7) is 5.72. The Bertz CT molecular complexity index is 645. The van der Waals surface area contributed by atoms with Crippen LogP contribution in [0.1, 0.15) is 42.3 Å².